The Morgan fingerprint density at radius 3 is 2.79 bits per heavy atom. The standard InChI is InChI=1S/C17H18F3N7O/c1-10-12-8-11(9-24-15(12)27(2)26-10)25-16(28)23-7-6-22-14-13(17(18,19)20)4-3-5-21-14/h3-5,8-9H,6-7H2,1-2H3,(H,21,22)(H2,23,25,28). The Morgan fingerprint density at radius 1 is 1.25 bits per heavy atom. The number of urea groups is 1. The van der Waals surface area contributed by atoms with Crippen molar-refractivity contribution in [3.63, 3.8) is 0 Å². The SMILES string of the molecule is Cc1nn(C)c2ncc(NC(=O)NCCNc3ncccc3C(F)(F)F)cc12. The summed E-state index contributed by atoms with van der Waals surface area (Å²) < 4.78 is 40.3. The second-order valence-electron chi connectivity index (χ2n) is 6.01. The zero-order valence-corrected chi connectivity index (χ0v) is 15.1. The minimum absolute atomic E-state index is 0.0759. The molecule has 28 heavy (non-hydrogen) atoms. The van der Waals surface area contributed by atoms with Crippen molar-refractivity contribution in [2.24, 2.45) is 7.05 Å². The number of halogens is 3. The number of fused-ring (bicyclic) bond motifs is 1. The van der Waals surface area contributed by atoms with Crippen molar-refractivity contribution in [1.82, 2.24) is 25.1 Å². The molecule has 0 fully saturated rings. The number of aromatic nitrogens is 4. The van der Waals surface area contributed by atoms with Crippen LogP contribution in [0.2, 0.25) is 0 Å². The van der Waals surface area contributed by atoms with Crippen molar-refractivity contribution in [2.75, 3.05) is 23.7 Å². The first-order valence-corrected chi connectivity index (χ1v) is 8.36. The molecular weight excluding hydrogens is 375 g/mol. The van der Waals surface area contributed by atoms with Crippen molar-refractivity contribution >= 4 is 28.6 Å². The highest BCUT2D eigenvalue weighted by Gasteiger charge is 2.33. The third-order valence-electron chi connectivity index (χ3n) is 3.94. The molecule has 0 aliphatic heterocycles. The first-order valence-electron chi connectivity index (χ1n) is 8.36. The number of pyridine rings is 2. The van der Waals surface area contributed by atoms with Gasteiger partial charge in [-0.05, 0) is 25.1 Å². The van der Waals surface area contributed by atoms with Crippen LogP contribution in [0.3, 0.4) is 0 Å². The molecule has 0 saturated heterocycles. The molecule has 0 aromatic carbocycles. The monoisotopic (exact) mass is 393 g/mol. The number of nitrogens with zero attached hydrogens (tertiary/aromatic N) is 4. The number of nitrogens with one attached hydrogen (secondary N) is 3. The molecule has 3 rings (SSSR count). The van der Waals surface area contributed by atoms with E-state index >= 15 is 0 Å². The van der Waals surface area contributed by atoms with Crippen LogP contribution in [0.25, 0.3) is 11.0 Å². The van der Waals surface area contributed by atoms with Crippen LogP contribution in [-0.2, 0) is 13.2 Å². The van der Waals surface area contributed by atoms with E-state index < -0.39 is 17.8 Å². The first kappa shape index (κ1) is 19.4. The van der Waals surface area contributed by atoms with Gasteiger partial charge in [0, 0.05) is 31.7 Å². The fourth-order valence-corrected chi connectivity index (χ4v) is 2.68. The lowest BCUT2D eigenvalue weighted by Crippen LogP contribution is -2.33. The topological polar surface area (TPSA) is 96.8 Å². The molecule has 3 N–H and O–H groups in total. The fraction of sp³-hybridized carbons (Fsp3) is 0.294. The van der Waals surface area contributed by atoms with E-state index in [9.17, 15) is 18.0 Å². The molecule has 148 valence electrons. The van der Waals surface area contributed by atoms with Gasteiger partial charge in [-0.2, -0.15) is 18.3 Å². The summed E-state index contributed by atoms with van der Waals surface area (Å²) in [6, 6.07) is 3.42. The molecule has 0 unspecified atom stereocenters. The number of carbonyl (C=O) groups is 1. The summed E-state index contributed by atoms with van der Waals surface area (Å²) >= 11 is 0. The summed E-state index contributed by atoms with van der Waals surface area (Å²) in [5.41, 5.74) is 1.11. The number of aryl methyl sites for hydroxylation is 2. The van der Waals surface area contributed by atoms with Gasteiger partial charge in [0.25, 0.3) is 0 Å². The normalized spacial score (nSPS) is 11.5. The largest absolute Gasteiger partial charge is 0.419 e. The van der Waals surface area contributed by atoms with Gasteiger partial charge in [0.05, 0.1) is 23.1 Å². The third-order valence-corrected chi connectivity index (χ3v) is 3.94. The van der Waals surface area contributed by atoms with Gasteiger partial charge in [0.15, 0.2) is 5.65 Å². The van der Waals surface area contributed by atoms with Crippen LogP contribution in [0.1, 0.15) is 11.3 Å². The first-order chi connectivity index (χ1) is 13.3. The third kappa shape index (κ3) is 4.30. The summed E-state index contributed by atoms with van der Waals surface area (Å²) in [6.07, 6.45) is -1.73. The van der Waals surface area contributed by atoms with Crippen molar-refractivity contribution in [3.8, 4) is 0 Å². The molecule has 0 saturated carbocycles. The van der Waals surface area contributed by atoms with Crippen molar-refractivity contribution in [3.05, 3.63) is 41.9 Å². The van der Waals surface area contributed by atoms with E-state index in [4.69, 9.17) is 0 Å². The number of anilines is 2. The number of carbonyl (C=O) groups excluding carboxylic acids is 1. The highest BCUT2D eigenvalue weighted by Crippen LogP contribution is 2.33. The predicted molar refractivity (Wildman–Crippen MR) is 98.0 cm³/mol. The Kier molecular flexibility index (Phi) is 5.34. The van der Waals surface area contributed by atoms with Crippen LogP contribution in [0.15, 0.2) is 30.6 Å². The maximum atomic E-state index is 12.9. The van der Waals surface area contributed by atoms with Gasteiger partial charge in [-0.3, -0.25) is 4.68 Å². The number of rotatable bonds is 5. The molecule has 0 aliphatic rings. The van der Waals surface area contributed by atoms with Gasteiger partial charge in [-0.25, -0.2) is 14.8 Å². The van der Waals surface area contributed by atoms with E-state index in [1.807, 2.05) is 6.92 Å². The van der Waals surface area contributed by atoms with Crippen LogP contribution in [0.4, 0.5) is 29.5 Å². The van der Waals surface area contributed by atoms with Gasteiger partial charge < -0.3 is 16.0 Å². The Hall–Kier alpha value is -3.37. The van der Waals surface area contributed by atoms with Gasteiger partial charge in [-0.15, -0.1) is 0 Å². The Labute approximate surface area is 158 Å². The lowest BCUT2D eigenvalue weighted by Gasteiger charge is -2.13. The Balaban J connectivity index is 1.52. The smallest absolute Gasteiger partial charge is 0.368 e. The zero-order valence-electron chi connectivity index (χ0n) is 15.1. The zero-order chi connectivity index (χ0) is 20.3. The lowest BCUT2D eigenvalue weighted by atomic mass is 10.2. The van der Waals surface area contributed by atoms with E-state index in [2.05, 4.69) is 31.0 Å². The minimum Gasteiger partial charge on any atom is -0.368 e. The Morgan fingerprint density at radius 2 is 2.04 bits per heavy atom. The van der Waals surface area contributed by atoms with Crippen LogP contribution < -0.4 is 16.0 Å². The van der Waals surface area contributed by atoms with Crippen LogP contribution in [0.5, 0.6) is 0 Å². The van der Waals surface area contributed by atoms with Crippen molar-refractivity contribution in [2.45, 2.75) is 13.1 Å². The van der Waals surface area contributed by atoms with E-state index in [1.54, 1.807) is 17.8 Å². The number of alkyl halides is 3. The van der Waals surface area contributed by atoms with Crippen molar-refractivity contribution in [1.29, 1.82) is 0 Å². The van der Waals surface area contributed by atoms with Crippen LogP contribution >= 0.6 is 0 Å². The molecular formula is C17H18F3N7O. The maximum Gasteiger partial charge on any atom is 0.419 e. The molecule has 3 aromatic heterocycles. The van der Waals surface area contributed by atoms with Crippen LogP contribution in [-0.4, -0.2) is 38.9 Å². The molecule has 0 aliphatic carbocycles. The highest BCUT2D eigenvalue weighted by molar-refractivity contribution is 5.92. The molecule has 0 bridgehead atoms. The molecule has 3 aromatic rings. The molecule has 0 atom stereocenters. The summed E-state index contributed by atoms with van der Waals surface area (Å²) in [5, 5.41) is 12.8. The van der Waals surface area contributed by atoms with Crippen molar-refractivity contribution < 1.29 is 18.0 Å². The van der Waals surface area contributed by atoms with Crippen LogP contribution in [0, 0.1) is 6.92 Å². The molecule has 3 heterocycles. The summed E-state index contributed by atoms with van der Waals surface area (Å²) in [4.78, 5) is 19.9. The van der Waals surface area contributed by atoms with E-state index in [-0.39, 0.29) is 18.9 Å². The average molecular weight is 393 g/mol. The van der Waals surface area contributed by atoms with Gasteiger partial charge >= 0.3 is 12.2 Å². The second kappa shape index (κ2) is 7.71. The number of amides is 2. The average Bonchev–Trinajstić information content (AvgIpc) is 2.92. The summed E-state index contributed by atoms with van der Waals surface area (Å²) in [7, 11) is 1.78. The Bertz CT molecular complexity index is 1000. The molecule has 11 heteroatoms. The van der Waals surface area contributed by atoms with Gasteiger partial charge in [-0.1, -0.05) is 0 Å². The van der Waals surface area contributed by atoms with E-state index in [0.717, 1.165) is 17.1 Å². The second-order valence-corrected chi connectivity index (χ2v) is 6.01. The molecule has 0 spiro atoms. The van der Waals surface area contributed by atoms with E-state index in [0.29, 0.717) is 11.3 Å². The summed E-state index contributed by atoms with van der Waals surface area (Å²) in [5.74, 6) is -0.279. The summed E-state index contributed by atoms with van der Waals surface area (Å²) in [6.45, 7) is 2.01. The lowest BCUT2D eigenvalue weighted by molar-refractivity contribution is -0.137. The van der Waals surface area contributed by atoms with E-state index in [1.165, 1.54) is 18.5 Å². The quantitative estimate of drug-likeness (QED) is 0.579. The number of hydrogen-bond donors (Lipinski definition) is 3. The fourth-order valence-electron chi connectivity index (χ4n) is 2.68. The van der Waals surface area contributed by atoms with Gasteiger partial charge in [0.1, 0.15) is 5.82 Å². The maximum absolute atomic E-state index is 12.9. The molecule has 8 nitrogen and oxygen atoms in total. The molecule has 2 amide bonds. The predicted octanol–water partition coefficient (Wildman–Crippen LogP) is 2.92. The number of hydrogen-bond acceptors (Lipinski definition) is 5. The highest BCUT2D eigenvalue weighted by atomic mass is 19.4. The molecule has 0 radical (unpaired) electrons. The minimum atomic E-state index is -4.50. The van der Waals surface area contributed by atoms with Gasteiger partial charge in [0.2, 0.25) is 0 Å².